The van der Waals surface area contributed by atoms with Gasteiger partial charge in [0.25, 0.3) is 0 Å². The molecule has 0 unspecified atom stereocenters. The van der Waals surface area contributed by atoms with Crippen molar-refractivity contribution in [2.45, 2.75) is 26.9 Å². The van der Waals surface area contributed by atoms with Gasteiger partial charge in [-0.3, -0.25) is 14.3 Å². The maximum Gasteiger partial charge on any atom is 0.354 e. The minimum Gasteiger partial charge on any atom is -0.481 e. The van der Waals surface area contributed by atoms with Crippen LogP contribution in [0.15, 0.2) is 76.6 Å². The van der Waals surface area contributed by atoms with E-state index in [-0.39, 0.29) is 19.0 Å². The number of carboxylic acid groups (broad SMARTS) is 1. The van der Waals surface area contributed by atoms with Gasteiger partial charge in [0, 0.05) is 23.5 Å². The van der Waals surface area contributed by atoms with Crippen molar-refractivity contribution in [3.63, 3.8) is 0 Å². The molecule has 2 heterocycles. The Labute approximate surface area is 216 Å². The van der Waals surface area contributed by atoms with E-state index in [4.69, 9.17) is 16.3 Å². The smallest absolute Gasteiger partial charge is 0.354 e. The van der Waals surface area contributed by atoms with Gasteiger partial charge in [0.1, 0.15) is 11.5 Å². The molecule has 1 atom stereocenters. The van der Waals surface area contributed by atoms with Crippen molar-refractivity contribution in [1.82, 2.24) is 19.1 Å². The van der Waals surface area contributed by atoms with E-state index in [9.17, 15) is 19.5 Å². The first-order valence-electron chi connectivity index (χ1n) is 11.3. The average Bonchev–Trinajstić information content (AvgIpc) is 2.86. The van der Waals surface area contributed by atoms with E-state index in [2.05, 4.69) is 15.3 Å². The van der Waals surface area contributed by atoms with Crippen LogP contribution in [0.25, 0.3) is 0 Å². The number of benzene rings is 2. The summed E-state index contributed by atoms with van der Waals surface area (Å²) in [6.45, 7) is 3.11. The number of halogens is 1. The first-order chi connectivity index (χ1) is 17.7. The summed E-state index contributed by atoms with van der Waals surface area (Å²) in [4.78, 5) is 45.5. The van der Waals surface area contributed by atoms with Crippen LogP contribution in [-0.2, 0) is 17.9 Å². The number of carbonyl (C=O) groups is 1. The number of carboxylic acids is 1. The van der Waals surface area contributed by atoms with Crippen LogP contribution in [0.1, 0.15) is 18.1 Å². The molecule has 0 aliphatic carbocycles. The summed E-state index contributed by atoms with van der Waals surface area (Å²) in [5.41, 5.74) is 0.733. The van der Waals surface area contributed by atoms with Crippen molar-refractivity contribution in [3.05, 3.63) is 104 Å². The van der Waals surface area contributed by atoms with Crippen LogP contribution in [0.3, 0.4) is 0 Å². The van der Waals surface area contributed by atoms with Gasteiger partial charge in [-0.25, -0.2) is 14.2 Å². The highest BCUT2D eigenvalue weighted by molar-refractivity contribution is 6.30. The molecule has 0 aliphatic rings. The summed E-state index contributed by atoms with van der Waals surface area (Å²) in [5, 5.41) is 12.8. The van der Waals surface area contributed by atoms with Gasteiger partial charge >= 0.3 is 17.3 Å². The molecule has 10 nitrogen and oxygen atoms in total. The first-order valence-corrected chi connectivity index (χ1v) is 11.7. The van der Waals surface area contributed by atoms with Crippen LogP contribution in [0, 0.1) is 12.8 Å². The fourth-order valence-corrected chi connectivity index (χ4v) is 3.63. The van der Waals surface area contributed by atoms with Crippen molar-refractivity contribution in [2.75, 3.05) is 5.32 Å². The van der Waals surface area contributed by atoms with Gasteiger partial charge < -0.3 is 15.2 Å². The average molecular weight is 522 g/mol. The van der Waals surface area contributed by atoms with E-state index in [1.54, 1.807) is 60.9 Å². The predicted molar refractivity (Wildman–Crippen MR) is 139 cm³/mol. The molecule has 0 saturated heterocycles. The highest BCUT2D eigenvalue weighted by Crippen LogP contribution is 2.24. The number of hydrogen-bond donors (Lipinski definition) is 2. The van der Waals surface area contributed by atoms with E-state index < -0.39 is 23.3 Å². The molecule has 37 heavy (non-hydrogen) atoms. The Kier molecular flexibility index (Phi) is 7.69. The fraction of sp³-hybridized carbons (Fsp3) is 0.192. The van der Waals surface area contributed by atoms with E-state index in [0.29, 0.717) is 22.2 Å². The molecule has 2 aromatic carbocycles. The van der Waals surface area contributed by atoms with Gasteiger partial charge in [0.2, 0.25) is 5.95 Å². The van der Waals surface area contributed by atoms with Crippen LogP contribution in [0.4, 0.5) is 11.6 Å². The number of rotatable bonds is 9. The standard InChI is InChI=1S/C26H24ClN5O5/c1-16-11-22(13-28-12-16)37-21-9-7-20(8-10-21)29-24-30-25(35)32(14-17(2)23(33)34)26(36)31(24)15-18-3-5-19(27)6-4-18/h3-13,17H,14-15H2,1-2H3,(H,33,34)(H,29,30,35)/t17-/m0/s1. The number of aromatic nitrogens is 4. The molecule has 4 aromatic rings. The lowest BCUT2D eigenvalue weighted by Crippen LogP contribution is -2.44. The highest BCUT2D eigenvalue weighted by Gasteiger charge is 2.19. The van der Waals surface area contributed by atoms with Crippen LogP contribution >= 0.6 is 11.6 Å². The number of pyridine rings is 1. The monoisotopic (exact) mass is 521 g/mol. The molecule has 0 amide bonds. The number of aliphatic carboxylic acids is 1. The van der Waals surface area contributed by atoms with Gasteiger partial charge in [-0.05, 0) is 60.5 Å². The molecule has 11 heteroatoms. The molecule has 0 saturated carbocycles. The van der Waals surface area contributed by atoms with Crippen LogP contribution in [0.2, 0.25) is 5.02 Å². The Morgan fingerprint density at radius 1 is 1.05 bits per heavy atom. The molecule has 0 bridgehead atoms. The van der Waals surface area contributed by atoms with Crippen molar-refractivity contribution < 1.29 is 14.6 Å². The lowest BCUT2D eigenvalue weighted by atomic mass is 10.2. The third-order valence-corrected chi connectivity index (χ3v) is 5.73. The molecule has 2 aromatic heterocycles. The van der Waals surface area contributed by atoms with Crippen molar-refractivity contribution in [1.29, 1.82) is 0 Å². The Balaban J connectivity index is 1.65. The van der Waals surface area contributed by atoms with E-state index >= 15 is 0 Å². The SMILES string of the molecule is Cc1cncc(Oc2ccc(Nc3nc(=O)n(C[C@H](C)C(=O)O)c(=O)n3Cc3ccc(Cl)cc3)cc2)c1. The van der Waals surface area contributed by atoms with Crippen LogP contribution in [-0.4, -0.2) is 30.2 Å². The first kappa shape index (κ1) is 25.6. The third kappa shape index (κ3) is 6.42. The summed E-state index contributed by atoms with van der Waals surface area (Å²) in [7, 11) is 0. The number of anilines is 2. The lowest BCUT2D eigenvalue weighted by molar-refractivity contribution is -0.141. The summed E-state index contributed by atoms with van der Waals surface area (Å²) in [5.74, 6) is -0.894. The maximum atomic E-state index is 13.3. The van der Waals surface area contributed by atoms with Crippen molar-refractivity contribution in [3.8, 4) is 11.5 Å². The highest BCUT2D eigenvalue weighted by atomic mass is 35.5. The maximum absolute atomic E-state index is 13.3. The molecule has 0 radical (unpaired) electrons. The van der Waals surface area contributed by atoms with Crippen molar-refractivity contribution >= 4 is 29.2 Å². The summed E-state index contributed by atoms with van der Waals surface area (Å²) in [6, 6.07) is 15.6. The van der Waals surface area contributed by atoms with Crippen LogP contribution < -0.4 is 21.4 Å². The second-order valence-electron chi connectivity index (χ2n) is 8.51. The molecule has 190 valence electrons. The molecule has 0 aliphatic heterocycles. The molecular weight excluding hydrogens is 498 g/mol. The fourth-order valence-electron chi connectivity index (χ4n) is 3.50. The van der Waals surface area contributed by atoms with E-state index in [0.717, 1.165) is 15.7 Å². The zero-order valence-corrected chi connectivity index (χ0v) is 20.8. The largest absolute Gasteiger partial charge is 0.481 e. The van der Waals surface area contributed by atoms with Crippen LogP contribution in [0.5, 0.6) is 11.5 Å². The number of hydrogen-bond acceptors (Lipinski definition) is 7. The van der Waals surface area contributed by atoms with Gasteiger partial charge in [-0.15, -0.1) is 0 Å². The van der Waals surface area contributed by atoms with E-state index in [1.165, 1.54) is 11.5 Å². The topological polar surface area (TPSA) is 128 Å². The summed E-state index contributed by atoms with van der Waals surface area (Å²) >= 11 is 5.98. The number of aryl methyl sites for hydroxylation is 1. The quantitative estimate of drug-likeness (QED) is 0.337. The summed E-state index contributed by atoms with van der Waals surface area (Å²) < 4.78 is 7.92. The van der Waals surface area contributed by atoms with Gasteiger partial charge in [-0.2, -0.15) is 4.98 Å². The molecule has 2 N–H and O–H groups in total. The lowest BCUT2D eigenvalue weighted by Gasteiger charge is -2.17. The van der Waals surface area contributed by atoms with Crippen molar-refractivity contribution in [2.24, 2.45) is 5.92 Å². The molecule has 4 rings (SSSR count). The number of nitrogens with zero attached hydrogens (tertiary/aromatic N) is 4. The van der Waals surface area contributed by atoms with Gasteiger partial charge in [0.15, 0.2) is 0 Å². The second-order valence-corrected chi connectivity index (χ2v) is 8.95. The molecule has 0 spiro atoms. The molecule has 0 fully saturated rings. The molecular formula is C26H24ClN5O5. The Morgan fingerprint density at radius 3 is 2.41 bits per heavy atom. The minimum atomic E-state index is -1.12. The predicted octanol–water partition coefficient (Wildman–Crippen LogP) is 4.07. The van der Waals surface area contributed by atoms with Gasteiger partial charge in [0.05, 0.1) is 18.7 Å². The Hall–Kier alpha value is -4.44. The minimum absolute atomic E-state index is 0.0146. The van der Waals surface area contributed by atoms with E-state index in [1.807, 2.05) is 13.0 Å². The Morgan fingerprint density at radius 2 is 1.76 bits per heavy atom. The second kappa shape index (κ2) is 11.1. The normalized spacial score (nSPS) is 11.6. The third-order valence-electron chi connectivity index (χ3n) is 5.48. The summed E-state index contributed by atoms with van der Waals surface area (Å²) in [6.07, 6.45) is 3.34. The Bertz CT molecular complexity index is 1530. The van der Waals surface area contributed by atoms with Gasteiger partial charge in [-0.1, -0.05) is 30.7 Å². The zero-order valence-electron chi connectivity index (χ0n) is 20.1. The zero-order chi connectivity index (χ0) is 26.5. The number of ether oxygens (including phenoxy) is 1. The number of nitrogens with one attached hydrogen (secondary N) is 1.